The Labute approximate surface area is 95.4 Å². The number of amidine groups is 1. The van der Waals surface area contributed by atoms with Crippen molar-refractivity contribution >= 4 is 22.6 Å². The van der Waals surface area contributed by atoms with Crippen molar-refractivity contribution in [3.8, 4) is 0 Å². The van der Waals surface area contributed by atoms with E-state index >= 15 is 0 Å². The van der Waals surface area contributed by atoms with E-state index in [0.717, 1.165) is 11.3 Å². The van der Waals surface area contributed by atoms with Crippen LogP contribution in [0.5, 0.6) is 0 Å². The minimum Gasteiger partial charge on any atom is -0.330 e. The van der Waals surface area contributed by atoms with Crippen LogP contribution >= 0.6 is 11.6 Å². The normalized spacial score (nSPS) is 15.3. The molecule has 0 unspecified atom stereocenters. The molecule has 1 aliphatic heterocycles. The Hall–Kier alpha value is -1.02. The van der Waals surface area contributed by atoms with Crippen molar-refractivity contribution in [3.05, 3.63) is 35.9 Å². The number of halogens is 1. The third kappa shape index (κ3) is 2.00. The van der Waals surface area contributed by atoms with E-state index in [9.17, 15) is 0 Å². The van der Waals surface area contributed by atoms with Gasteiger partial charge in [0.25, 0.3) is 0 Å². The zero-order valence-electron chi connectivity index (χ0n) is 9.13. The van der Waals surface area contributed by atoms with Crippen molar-refractivity contribution in [2.24, 2.45) is 4.99 Å². The maximum atomic E-state index is 5.82. The molecule has 2 rings (SSSR count). The van der Waals surface area contributed by atoms with Crippen molar-refractivity contribution in [2.45, 2.75) is 26.2 Å². The second-order valence-electron chi connectivity index (χ2n) is 4.69. The molecule has 1 aliphatic rings. The lowest BCUT2D eigenvalue weighted by molar-refractivity contribution is 0.587. The standard InChI is InChI=1S/C12H14ClN2/c1-12(2,3)9-5-4-6-10-8(9)7-14-11(13)15-10/h4-7H,1-3H3,(H,14,15). The lowest BCUT2D eigenvalue weighted by Gasteiger charge is -2.26. The summed E-state index contributed by atoms with van der Waals surface area (Å²) in [5.41, 5.74) is 3.56. The predicted molar refractivity (Wildman–Crippen MR) is 65.5 cm³/mol. The van der Waals surface area contributed by atoms with Crippen molar-refractivity contribution < 1.29 is 0 Å². The number of nitrogens with zero attached hydrogens (tertiary/aromatic N) is 1. The van der Waals surface area contributed by atoms with E-state index in [2.05, 4.69) is 37.1 Å². The second-order valence-corrected chi connectivity index (χ2v) is 5.05. The highest BCUT2D eigenvalue weighted by molar-refractivity contribution is 6.67. The van der Waals surface area contributed by atoms with Crippen LogP contribution in [0.15, 0.2) is 23.2 Å². The Morgan fingerprint density at radius 3 is 2.67 bits per heavy atom. The summed E-state index contributed by atoms with van der Waals surface area (Å²) in [5.74, 6) is 0. The summed E-state index contributed by atoms with van der Waals surface area (Å²) < 4.78 is 0. The highest BCUT2D eigenvalue weighted by Crippen LogP contribution is 2.33. The van der Waals surface area contributed by atoms with Crippen molar-refractivity contribution in [1.29, 1.82) is 0 Å². The summed E-state index contributed by atoms with van der Waals surface area (Å²) >= 11 is 5.82. The molecular formula is C12H14ClN2. The van der Waals surface area contributed by atoms with Crippen LogP contribution in [0.3, 0.4) is 0 Å². The molecule has 1 aromatic rings. The molecule has 1 radical (unpaired) electrons. The van der Waals surface area contributed by atoms with Crippen LogP contribution in [0.1, 0.15) is 31.9 Å². The first-order valence-corrected chi connectivity index (χ1v) is 5.33. The number of fused-ring (bicyclic) bond motifs is 1. The molecular weight excluding hydrogens is 208 g/mol. The average molecular weight is 222 g/mol. The molecule has 0 saturated carbocycles. The Balaban J connectivity index is 2.51. The Bertz CT molecular complexity index is 416. The van der Waals surface area contributed by atoms with Gasteiger partial charge in [0.2, 0.25) is 0 Å². The number of aliphatic imine (C=N–C) groups is 1. The second kappa shape index (κ2) is 3.53. The Kier molecular flexibility index (Phi) is 2.47. The number of hydrogen-bond acceptors (Lipinski definition) is 2. The minimum atomic E-state index is 0.114. The highest BCUT2D eigenvalue weighted by Gasteiger charge is 2.22. The summed E-state index contributed by atoms with van der Waals surface area (Å²) in [6, 6.07) is 6.18. The molecule has 0 spiro atoms. The summed E-state index contributed by atoms with van der Waals surface area (Å²) in [7, 11) is 0. The largest absolute Gasteiger partial charge is 0.330 e. The zero-order chi connectivity index (χ0) is 11.1. The third-order valence-electron chi connectivity index (χ3n) is 2.46. The van der Waals surface area contributed by atoms with Crippen LogP contribution in [0, 0.1) is 6.54 Å². The van der Waals surface area contributed by atoms with Gasteiger partial charge < -0.3 is 5.32 Å². The number of hydrogen-bond donors (Lipinski definition) is 1. The quantitative estimate of drug-likeness (QED) is 0.667. The van der Waals surface area contributed by atoms with E-state index in [1.165, 1.54) is 5.56 Å². The number of rotatable bonds is 0. The monoisotopic (exact) mass is 221 g/mol. The molecule has 0 aliphatic carbocycles. The molecule has 0 aromatic heterocycles. The van der Waals surface area contributed by atoms with Gasteiger partial charge in [0.1, 0.15) is 6.54 Å². The summed E-state index contributed by atoms with van der Waals surface area (Å²) in [5, 5.41) is 3.48. The maximum absolute atomic E-state index is 5.82. The van der Waals surface area contributed by atoms with E-state index in [0.29, 0.717) is 5.29 Å². The van der Waals surface area contributed by atoms with Crippen LogP contribution in [0.2, 0.25) is 0 Å². The molecule has 1 heterocycles. The van der Waals surface area contributed by atoms with Gasteiger partial charge in [-0.25, -0.2) is 4.99 Å². The van der Waals surface area contributed by atoms with Gasteiger partial charge in [0, 0.05) is 11.3 Å². The van der Waals surface area contributed by atoms with E-state index in [-0.39, 0.29) is 5.41 Å². The fraction of sp³-hybridized carbons (Fsp3) is 0.333. The summed E-state index contributed by atoms with van der Waals surface area (Å²) in [6.07, 6.45) is 0. The van der Waals surface area contributed by atoms with Crippen LogP contribution < -0.4 is 5.32 Å². The molecule has 0 fully saturated rings. The third-order valence-corrected chi connectivity index (χ3v) is 2.65. The topological polar surface area (TPSA) is 24.4 Å². The lowest BCUT2D eigenvalue weighted by Crippen LogP contribution is -2.18. The fourth-order valence-corrected chi connectivity index (χ4v) is 1.88. The first-order valence-electron chi connectivity index (χ1n) is 4.95. The lowest BCUT2D eigenvalue weighted by atomic mass is 9.83. The number of nitrogens with one attached hydrogen (secondary N) is 1. The van der Waals surface area contributed by atoms with Gasteiger partial charge in [0.15, 0.2) is 5.29 Å². The van der Waals surface area contributed by atoms with E-state index in [1.54, 1.807) is 0 Å². The summed E-state index contributed by atoms with van der Waals surface area (Å²) in [4.78, 5) is 4.09. The van der Waals surface area contributed by atoms with Crippen LogP contribution in [0.25, 0.3) is 0 Å². The SMILES string of the molecule is CC(C)(C)c1cccc2c1[CH]N=C(Cl)N2. The molecule has 2 nitrogen and oxygen atoms in total. The van der Waals surface area contributed by atoms with Crippen molar-refractivity contribution in [2.75, 3.05) is 5.32 Å². The molecule has 1 aromatic carbocycles. The molecule has 1 N–H and O–H groups in total. The average Bonchev–Trinajstić information content (AvgIpc) is 2.15. The first kappa shape index (κ1) is 10.5. The molecule has 0 atom stereocenters. The minimum absolute atomic E-state index is 0.114. The van der Waals surface area contributed by atoms with Gasteiger partial charge in [-0.15, -0.1) is 0 Å². The van der Waals surface area contributed by atoms with E-state index in [1.807, 2.05) is 18.7 Å². The van der Waals surface area contributed by atoms with Gasteiger partial charge in [-0.1, -0.05) is 32.9 Å². The van der Waals surface area contributed by atoms with Gasteiger partial charge in [0.05, 0.1) is 0 Å². The van der Waals surface area contributed by atoms with Gasteiger partial charge in [-0.3, -0.25) is 0 Å². The maximum Gasteiger partial charge on any atom is 0.196 e. The molecule has 0 amide bonds. The first-order chi connectivity index (χ1) is 6.98. The van der Waals surface area contributed by atoms with Crippen molar-refractivity contribution in [3.63, 3.8) is 0 Å². The van der Waals surface area contributed by atoms with Gasteiger partial charge in [-0.05, 0) is 28.6 Å². The zero-order valence-corrected chi connectivity index (χ0v) is 9.89. The van der Waals surface area contributed by atoms with Gasteiger partial charge in [-0.2, -0.15) is 0 Å². The van der Waals surface area contributed by atoms with Gasteiger partial charge >= 0.3 is 0 Å². The summed E-state index contributed by atoms with van der Waals surface area (Å²) in [6.45, 7) is 8.40. The molecule has 0 bridgehead atoms. The van der Waals surface area contributed by atoms with Crippen LogP contribution in [-0.2, 0) is 5.41 Å². The molecule has 79 valence electrons. The van der Waals surface area contributed by atoms with E-state index in [4.69, 9.17) is 11.6 Å². The number of anilines is 1. The Morgan fingerprint density at radius 1 is 1.27 bits per heavy atom. The smallest absolute Gasteiger partial charge is 0.196 e. The van der Waals surface area contributed by atoms with E-state index < -0.39 is 0 Å². The van der Waals surface area contributed by atoms with Crippen LogP contribution in [0.4, 0.5) is 5.69 Å². The Morgan fingerprint density at radius 2 is 2.00 bits per heavy atom. The molecule has 3 heteroatoms. The molecule has 0 saturated heterocycles. The number of benzene rings is 1. The highest BCUT2D eigenvalue weighted by atomic mass is 35.5. The molecule has 15 heavy (non-hydrogen) atoms. The fourth-order valence-electron chi connectivity index (χ4n) is 1.73. The van der Waals surface area contributed by atoms with Crippen LogP contribution in [-0.4, -0.2) is 5.29 Å². The van der Waals surface area contributed by atoms with Crippen molar-refractivity contribution in [1.82, 2.24) is 0 Å². The predicted octanol–water partition coefficient (Wildman–Crippen LogP) is 3.51.